The van der Waals surface area contributed by atoms with E-state index in [1.165, 1.54) is 25.4 Å². The van der Waals surface area contributed by atoms with Gasteiger partial charge in [-0.2, -0.15) is 0 Å². The van der Waals surface area contributed by atoms with Crippen molar-refractivity contribution in [2.45, 2.75) is 17.6 Å². The molecule has 0 amide bonds. The summed E-state index contributed by atoms with van der Waals surface area (Å²) in [4.78, 5) is 8.25. The summed E-state index contributed by atoms with van der Waals surface area (Å²) in [6.07, 6.45) is 1.40. The molecule has 0 atom stereocenters. The summed E-state index contributed by atoms with van der Waals surface area (Å²) in [5, 5.41) is 0. The van der Waals surface area contributed by atoms with E-state index in [2.05, 4.69) is 9.97 Å². The number of methoxy groups -OCH3 is 1. The molecule has 2 aromatic rings. The van der Waals surface area contributed by atoms with Crippen molar-refractivity contribution in [1.82, 2.24) is 9.97 Å². The molecule has 0 radical (unpaired) electrons. The molecule has 1 heterocycles. The predicted molar refractivity (Wildman–Crippen MR) is 75.1 cm³/mol. The Balaban J connectivity index is 2.32. The molecular formula is C13H15N3O3S. The second-order valence-electron chi connectivity index (χ2n) is 4.26. The molecule has 0 aliphatic carbocycles. The van der Waals surface area contributed by atoms with Crippen LogP contribution in [0.2, 0.25) is 0 Å². The second-order valence-corrected chi connectivity index (χ2v) is 6.25. The first kappa shape index (κ1) is 14.3. The molecule has 0 fully saturated rings. The zero-order chi connectivity index (χ0) is 14.8. The number of nitrogens with two attached hydrogens (primary N) is 1. The van der Waals surface area contributed by atoms with Crippen LogP contribution in [0.3, 0.4) is 0 Å². The van der Waals surface area contributed by atoms with Gasteiger partial charge in [0, 0.05) is 0 Å². The van der Waals surface area contributed by atoms with Gasteiger partial charge < -0.3 is 10.5 Å². The fourth-order valence-electron chi connectivity index (χ4n) is 1.69. The van der Waals surface area contributed by atoms with Crippen LogP contribution in [0.4, 0.5) is 5.82 Å². The van der Waals surface area contributed by atoms with Crippen molar-refractivity contribution in [1.29, 1.82) is 0 Å². The first-order valence-corrected chi connectivity index (χ1v) is 7.52. The Morgan fingerprint density at radius 1 is 1.25 bits per heavy atom. The van der Waals surface area contributed by atoms with E-state index in [-0.39, 0.29) is 16.5 Å². The highest BCUT2D eigenvalue weighted by molar-refractivity contribution is 7.90. The van der Waals surface area contributed by atoms with Gasteiger partial charge in [-0.1, -0.05) is 0 Å². The Bertz CT molecular complexity index is 712. The number of hydrogen-bond acceptors (Lipinski definition) is 6. The lowest BCUT2D eigenvalue weighted by Crippen LogP contribution is -2.10. The smallest absolute Gasteiger partial charge is 0.184 e. The highest BCUT2D eigenvalue weighted by Crippen LogP contribution is 2.20. The van der Waals surface area contributed by atoms with E-state index < -0.39 is 9.84 Å². The number of anilines is 1. The number of rotatable bonds is 4. The molecule has 0 spiro atoms. The topological polar surface area (TPSA) is 95.2 Å². The van der Waals surface area contributed by atoms with Crippen LogP contribution >= 0.6 is 0 Å². The van der Waals surface area contributed by atoms with Gasteiger partial charge in [0.25, 0.3) is 0 Å². The minimum Gasteiger partial charge on any atom is -0.497 e. The van der Waals surface area contributed by atoms with Gasteiger partial charge in [-0.3, -0.25) is 4.98 Å². The third-order valence-electron chi connectivity index (χ3n) is 2.82. The van der Waals surface area contributed by atoms with Gasteiger partial charge in [0.05, 0.1) is 35.3 Å². The molecule has 7 heteroatoms. The average Bonchev–Trinajstić information content (AvgIpc) is 2.43. The molecule has 0 bridgehead atoms. The normalized spacial score (nSPS) is 11.3. The Morgan fingerprint density at radius 2 is 1.90 bits per heavy atom. The van der Waals surface area contributed by atoms with E-state index in [0.29, 0.717) is 17.1 Å². The molecule has 106 valence electrons. The molecule has 0 saturated heterocycles. The summed E-state index contributed by atoms with van der Waals surface area (Å²) in [6.45, 7) is 1.70. The van der Waals surface area contributed by atoms with Crippen molar-refractivity contribution >= 4 is 15.7 Å². The van der Waals surface area contributed by atoms with E-state index >= 15 is 0 Å². The Hall–Kier alpha value is -2.15. The van der Waals surface area contributed by atoms with E-state index in [0.717, 1.165) is 0 Å². The van der Waals surface area contributed by atoms with Crippen LogP contribution in [0.5, 0.6) is 5.75 Å². The lowest BCUT2D eigenvalue weighted by molar-refractivity contribution is 0.414. The largest absolute Gasteiger partial charge is 0.497 e. The molecular weight excluding hydrogens is 278 g/mol. The summed E-state index contributed by atoms with van der Waals surface area (Å²) < 4.78 is 29.6. The first-order valence-electron chi connectivity index (χ1n) is 5.87. The summed E-state index contributed by atoms with van der Waals surface area (Å²) in [7, 11) is -1.97. The lowest BCUT2D eigenvalue weighted by Gasteiger charge is -2.07. The maximum atomic E-state index is 12.3. The summed E-state index contributed by atoms with van der Waals surface area (Å²) in [6, 6.07) is 6.21. The van der Waals surface area contributed by atoms with Crippen molar-refractivity contribution in [3.05, 3.63) is 41.9 Å². The lowest BCUT2D eigenvalue weighted by atomic mass is 10.3. The molecule has 2 N–H and O–H groups in total. The number of nitrogens with zero attached hydrogens (tertiary/aromatic N) is 2. The van der Waals surface area contributed by atoms with Crippen LogP contribution < -0.4 is 10.5 Å². The zero-order valence-corrected chi connectivity index (χ0v) is 12.0. The maximum Gasteiger partial charge on any atom is 0.184 e. The van der Waals surface area contributed by atoms with Gasteiger partial charge in [-0.05, 0) is 31.2 Å². The third kappa shape index (κ3) is 3.05. The summed E-state index contributed by atoms with van der Waals surface area (Å²) >= 11 is 0. The van der Waals surface area contributed by atoms with Crippen LogP contribution in [0, 0.1) is 6.92 Å². The van der Waals surface area contributed by atoms with Crippen molar-refractivity contribution in [2.75, 3.05) is 12.8 Å². The molecule has 0 unspecified atom stereocenters. The number of hydrogen-bond donors (Lipinski definition) is 1. The number of nitrogen functional groups attached to an aromatic ring is 1. The Labute approximate surface area is 117 Å². The van der Waals surface area contributed by atoms with Crippen molar-refractivity contribution in [2.24, 2.45) is 0 Å². The molecule has 0 aliphatic heterocycles. The Morgan fingerprint density at radius 3 is 2.50 bits per heavy atom. The first-order chi connectivity index (χ1) is 9.42. The zero-order valence-electron chi connectivity index (χ0n) is 11.2. The van der Waals surface area contributed by atoms with Crippen LogP contribution in [-0.4, -0.2) is 25.5 Å². The second kappa shape index (κ2) is 5.46. The number of benzene rings is 1. The number of aromatic nitrogens is 2. The Kier molecular flexibility index (Phi) is 3.89. The van der Waals surface area contributed by atoms with E-state index in [4.69, 9.17) is 10.5 Å². The molecule has 2 rings (SSSR count). The van der Waals surface area contributed by atoms with E-state index in [1.54, 1.807) is 19.1 Å². The summed E-state index contributed by atoms with van der Waals surface area (Å²) in [5.74, 6) is 0.572. The minimum absolute atomic E-state index is 0.204. The van der Waals surface area contributed by atoms with Gasteiger partial charge in [-0.15, -0.1) is 0 Å². The van der Waals surface area contributed by atoms with Gasteiger partial charge in [0.1, 0.15) is 11.6 Å². The van der Waals surface area contributed by atoms with Gasteiger partial charge in [-0.25, -0.2) is 13.4 Å². The van der Waals surface area contributed by atoms with E-state index in [1.807, 2.05) is 0 Å². The number of ether oxygens (including phenoxy) is 1. The van der Waals surface area contributed by atoms with Crippen LogP contribution in [-0.2, 0) is 15.6 Å². The van der Waals surface area contributed by atoms with Crippen molar-refractivity contribution < 1.29 is 13.2 Å². The van der Waals surface area contributed by atoms with Crippen LogP contribution in [0.1, 0.15) is 11.4 Å². The third-order valence-corrected chi connectivity index (χ3v) is 4.46. The monoisotopic (exact) mass is 293 g/mol. The fraction of sp³-hybridized carbons (Fsp3) is 0.231. The number of aryl methyl sites for hydroxylation is 1. The SMILES string of the molecule is COc1ccc(S(=O)(=O)Cc2nc(N)cnc2C)cc1. The van der Waals surface area contributed by atoms with Crippen molar-refractivity contribution in [3.63, 3.8) is 0 Å². The highest BCUT2D eigenvalue weighted by Gasteiger charge is 2.18. The molecule has 0 aliphatic rings. The standard InChI is InChI=1S/C13H15N3O3S/c1-9-12(16-13(14)7-15-9)8-20(17,18)11-5-3-10(19-2)4-6-11/h3-7H,8H2,1-2H3,(H2,14,16). The quantitative estimate of drug-likeness (QED) is 0.914. The van der Waals surface area contributed by atoms with Crippen LogP contribution in [0.25, 0.3) is 0 Å². The van der Waals surface area contributed by atoms with E-state index in [9.17, 15) is 8.42 Å². The summed E-state index contributed by atoms with van der Waals surface area (Å²) in [5.41, 5.74) is 6.45. The van der Waals surface area contributed by atoms with Crippen molar-refractivity contribution in [3.8, 4) is 5.75 Å². The van der Waals surface area contributed by atoms with Crippen LogP contribution in [0.15, 0.2) is 35.4 Å². The highest BCUT2D eigenvalue weighted by atomic mass is 32.2. The number of sulfone groups is 1. The average molecular weight is 293 g/mol. The molecule has 1 aromatic heterocycles. The van der Waals surface area contributed by atoms with Gasteiger partial charge in [0.2, 0.25) is 0 Å². The molecule has 0 saturated carbocycles. The van der Waals surface area contributed by atoms with Gasteiger partial charge >= 0.3 is 0 Å². The fourth-order valence-corrected chi connectivity index (χ4v) is 3.04. The molecule has 1 aromatic carbocycles. The predicted octanol–water partition coefficient (Wildman–Crippen LogP) is 1.35. The maximum absolute atomic E-state index is 12.3. The molecule has 6 nitrogen and oxygen atoms in total. The van der Waals surface area contributed by atoms with Gasteiger partial charge in [0.15, 0.2) is 9.84 Å². The minimum atomic E-state index is -3.49. The molecule has 20 heavy (non-hydrogen) atoms.